The number of fused-ring (bicyclic) bond motifs is 1. The summed E-state index contributed by atoms with van der Waals surface area (Å²) in [6.07, 6.45) is 1.87. The summed E-state index contributed by atoms with van der Waals surface area (Å²) in [6.45, 7) is 4.03. The first kappa shape index (κ1) is 22.6. The van der Waals surface area contributed by atoms with Crippen LogP contribution in [0.25, 0.3) is 0 Å². The molecule has 176 valence electrons. The van der Waals surface area contributed by atoms with Crippen molar-refractivity contribution in [1.82, 2.24) is 9.80 Å². The number of amides is 2. The van der Waals surface area contributed by atoms with Gasteiger partial charge in [-0.05, 0) is 59.9 Å². The van der Waals surface area contributed by atoms with Crippen LogP contribution >= 0.6 is 0 Å². The number of halogens is 1. The van der Waals surface area contributed by atoms with Gasteiger partial charge < -0.3 is 9.64 Å². The minimum Gasteiger partial charge on any atom is -0.380 e. The van der Waals surface area contributed by atoms with Crippen LogP contribution in [0.1, 0.15) is 29.5 Å². The molecule has 2 aliphatic rings. The molecule has 0 radical (unpaired) electrons. The molecule has 0 atom stereocenters. The Balaban J connectivity index is 1.29. The number of methoxy groups -OCH3 is 1. The van der Waals surface area contributed by atoms with E-state index in [4.69, 9.17) is 4.74 Å². The van der Waals surface area contributed by atoms with Gasteiger partial charge in [0.05, 0.1) is 18.0 Å². The van der Waals surface area contributed by atoms with Gasteiger partial charge in [0.2, 0.25) is 0 Å². The van der Waals surface area contributed by atoms with Gasteiger partial charge in [-0.15, -0.1) is 0 Å². The molecule has 0 N–H and O–H groups in total. The maximum absolute atomic E-state index is 13.7. The molecular weight excluding hydrogens is 429 g/mol. The number of benzene rings is 3. The van der Waals surface area contributed by atoms with Crippen molar-refractivity contribution in [1.29, 1.82) is 0 Å². The average molecular weight is 460 g/mol. The van der Waals surface area contributed by atoms with Crippen LogP contribution in [-0.2, 0) is 24.4 Å². The van der Waals surface area contributed by atoms with Crippen molar-refractivity contribution in [3.8, 4) is 0 Å². The standard InChI is InChI=1S/C28H30FN3O2/c1-34-20-22-6-4-5-21(17-22)18-30-15-13-25(14-16-30)31-19-23-7-2-3-8-27(23)32(28(31)33)26-11-9-24(29)10-12-26/h2-12,17,25H,13-16,18-20H2,1H3. The second-order valence-electron chi connectivity index (χ2n) is 9.11. The first-order chi connectivity index (χ1) is 16.6. The van der Waals surface area contributed by atoms with Gasteiger partial charge in [-0.3, -0.25) is 9.80 Å². The summed E-state index contributed by atoms with van der Waals surface area (Å²) in [4.78, 5) is 19.9. The Morgan fingerprint density at radius 3 is 2.44 bits per heavy atom. The number of likely N-dealkylation sites (tertiary alicyclic amines) is 1. The third-order valence-electron chi connectivity index (χ3n) is 6.80. The minimum absolute atomic E-state index is 0.0315. The van der Waals surface area contributed by atoms with E-state index in [0.29, 0.717) is 18.8 Å². The molecule has 0 spiro atoms. The topological polar surface area (TPSA) is 36.0 Å². The van der Waals surface area contributed by atoms with Gasteiger partial charge in [-0.25, -0.2) is 9.18 Å². The van der Waals surface area contributed by atoms with Crippen LogP contribution in [0.15, 0.2) is 72.8 Å². The highest BCUT2D eigenvalue weighted by molar-refractivity contribution is 6.01. The molecule has 34 heavy (non-hydrogen) atoms. The summed E-state index contributed by atoms with van der Waals surface area (Å²) in [7, 11) is 1.72. The van der Waals surface area contributed by atoms with Gasteiger partial charge in [0, 0.05) is 39.3 Å². The minimum atomic E-state index is -0.307. The summed E-state index contributed by atoms with van der Waals surface area (Å²) in [6, 6.07) is 22.9. The molecule has 1 saturated heterocycles. The van der Waals surface area contributed by atoms with E-state index in [9.17, 15) is 9.18 Å². The number of urea groups is 1. The van der Waals surface area contributed by atoms with Crippen LogP contribution in [0.4, 0.5) is 20.6 Å². The number of piperidine rings is 1. The number of para-hydroxylation sites is 1. The molecule has 0 bridgehead atoms. The van der Waals surface area contributed by atoms with E-state index in [-0.39, 0.29) is 17.9 Å². The lowest BCUT2D eigenvalue weighted by atomic mass is 9.99. The third-order valence-corrected chi connectivity index (χ3v) is 6.80. The molecule has 1 fully saturated rings. The molecule has 2 aliphatic heterocycles. The van der Waals surface area contributed by atoms with E-state index in [1.165, 1.54) is 23.3 Å². The Labute approximate surface area is 200 Å². The summed E-state index contributed by atoms with van der Waals surface area (Å²) in [5.74, 6) is -0.307. The lowest BCUT2D eigenvalue weighted by Gasteiger charge is -2.44. The quantitative estimate of drug-likeness (QED) is 0.474. The number of anilines is 2. The van der Waals surface area contributed by atoms with Crippen molar-refractivity contribution < 1.29 is 13.9 Å². The molecule has 2 heterocycles. The maximum Gasteiger partial charge on any atom is 0.329 e. The van der Waals surface area contributed by atoms with Gasteiger partial charge >= 0.3 is 6.03 Å². The molecule has 0 aromatic heterocycles. The van der Waals surface area contributed by atoms with E-state index < -0.39 is 0 Å². The number of hydrogen-bond acceptors (Lipinski definition) is 3. The van der Waals surface area contributed by atoms with E-state index in [0.717, 1.165) is 43.7 Å². The SMILES string of the molecule is COCc1cccc(CN2CCC(N3Cc4ccccc4N(c4ccc(F)cc4)C3=O)CC2)c1. The van der Waals surface area contributed by atoms with Crippen molar-refractivity contribution in [3.05, 3.63) is 95.3 Å². The first-order valence-electron chi connectivity index (χ1n) is 11.9. The Kier molecular flexibility index (Phi) is 6.61. The van der Waals surface area contributed by atoms with Gasteiger partial charge in [0.15, 0.2) is 0 Å². The van der Waals surface area contributed by atoms with Crippen LogP contribution in [0.3, 0.4) is 0 Å². The summed E-state index contributed by atoms with van der Waals surface area (Å²) < 4.78 is 18.8. The van der Waals surface area contributed by atoms with Gasteiger partial charge in [0.25, 0.3) is 0 Å². The Bertz CT molecular complexity index is 1140. The van der Waals surface area contributed by atoms with Crippen LogP contribution < -0.4 is 4.90 Å². The van der Waals surface area contributed by atoms with Gasteiger partial charge in [-0.1, -0.05) is 42.5 Å². The third kappa shape index (κ3) is 4.69. The van der Waals surface area contributed by atoms with Crippen molar-refractivity contribution in [2.45, 2.75) is 38.6 Å². The predicted octanol–water partition coefficient (Wildman–Crippen LogP) is 5.71. The van der Waals surface area contributed by atoms with Crippen LogP contribution in [0.5, 0.6) is 0 Å². The second-order valence-corrected chi connectivity index (χ2v) is 9.11. The fourth-order valence-corrected chi connectivity index (χ4v) is 5.10. The number of carbonyl (C=O) groups is 1. The molecule has 3 aromatic rings. The Morgan fingerprint density at radius 1 is 0.941 bits per heavy atom. The highest BCUT2D eigenvalue weighted by atomic mass is 19.1. The van der Waals surface area contributed by atoms with Gasteiger partial charge in [-0.2, -0.15) is 0 Å². The number of carbonyl (C=O) groups excluding carboxylic acids is 1. The van der Waals surface area contributed by atoms with Crippen molar-refractivity contribution in [3.63, 3.8) is 0 Å². The van der Waals surface area contributed by atoms with Crippen LogP contribution in [0, 0.1) is 5.82 Å². The predicted molar refractivity (Wildman–Crippen MR) is 131 cm³/mol. The zero-order valence-corrected chi connectivity index (χ0v) is 19.5. The number of hydrogen-bond donors (Lipinski definition) is 0. The van der Waals surface area contributed by atoms with Crippen LogP contribution in [-0.4, -0.2) is 42.1 Å². The van der Waals surface area contributed by atoms with E-state index >= 15 is 0 Å². The summed E-state index contributed by atoms with van der Waals surface area (Å²) in [5.41, 5.74) is 5.16. The van der Waals surface area contributed by atoms with E-state index in [1.54, 1.807) is 24.1 Å². The number of rotatable bonds is 6. The molecule has 0 unspecified atom stereocenters. The number of nitrogens with zero attached hydrogens (tertiary/aromatic N) is 3. The molecule has 0 saturated carbocycles. The monoisotopic (exact) mass is 459 g/mol. The lowest BCUT2D eigenvalue weighted by Crippen LogP contribution is -2.52. The molecule has 5 rings (SSSR count). The molecule has 6 heteroatoms. The van der Waals surface area contributed by atoms with E-state index in [1.807, 2.05) is 23.1 Å². The Hall–Kier alpha value is -3.22. The average Bonchev–Trinajstić information content (AvgIpc) is 2.86. The molecular formula is C28H30FN3O2. The normalized spacial score (nSPS) is 17.2. The number of ether oxygens (including phenoxy) is 1. The summed E-state index contributed by atoms with van der Waals surface area (Å²) >= 11 is 0. The zero-order chi connectivity index (χ0) is 23.5. The fourth-order valence-electron chi connectivity index (χ4n) is 5.10. The molecule has 2 amide bonds. The lowest BCUT2D eigenvalue weighted by molar-refractivity contribution is 0.115. The molecule has 5 nitrogen and oxygen atoms in total. The largest absolute Gasteiger partial charge is 0.380 e. The van der Waals surface area contributed by atoms with Crippen molar-refractivity contribution >= 4 is 17.4 Å². The van der Waals surface area contributed by atoms with Crippen molar-refractivity contribution in [2.24, 2.45) is 0 Å². The first-order valence-corrected chi connectivity index (χ1v) is 11.9. The smallest absolute Gasteiger partial charge is 0.329 e. The zero-order valence-electron chi connectivity index (χ0n) is 19.5. The van der Waals surface area contributed by atoms with E-state index in [2.05, 4.69) is 35.2 Å². The molecule has 3 aromatic carbocycles. The highest BCUT2D eigenvalue weighted by Gasteiger charge is 2.36. The maximum atomic E-state index is 13.7. The van der Waals surface area contributed by atoms with Crippen LogP contribution in [0.2, 0.25) is 0 Å². The Morgan fingerprint density at radius 2 is 1.68 bits per heavy atom. The molecule has 0 aliphatic carbocycles. The second kappa shape index (κ2) is 9.95. The highest BCUT2D eigenvalue weighted by Crippen LogP contribution is 2.37. The van der Waals surface area contributed by atoms with Gasteiger partial charge in [0.1, 0.15) is 5.82 Å². The van der Waals surface area contributed by atoms with Crippen molar-refractivity contribution in [2.75, 3.05) is 25.1 Å². The summed E-state index contributed by atoms with van der Waals surface area (Å²) in [5, 5.41) is 0. The fraction of sp³-hybridized carbons (Fsp3) is 0.321.